The molecule has 1 N–H and O–H groups in total. The second-order valence-corrected chi connectivity index (χ2v) is 4.47. The zero-order chi connectivity index (χ0) is 10.8. The van der Waals surface area contributed by atoms with Crippen LogP contribution in [0.3, 0.4) is 0 Å². The molecule has 0 bridgehead atoms. The van der Waals surface area contributed by atoms with Gasteiger partial charge in [-0.25, -0.2) is 4.79 Å². The number of anilines is 1. The van der Waals surface area contributed by atoms with Gasteiger partial charge in [0, 0.05) is 19.2 Å². The lowest BCUT2D eigenvalue weighted by Crippen LogP contribution is -2.29. The van der Waals surface area contributed by atoms with Gasteiger partial charge in [-0.15, -0.1) is 0 Å². The number of aromatic carboxylic acids is 1. The molecule has 5 heteroatoms. The lowest BCUT2D eigenvalue weighted by molar-refractivity contribution is 0.0663. The van der Waals surface area contributed by atoms with Gasteiger partial charge in [-0.2, -0.15) is 0 Å². The Hall–Kier alpha value is -0.970. The minimum Gasteiger partial charge on any atom is -0.475 e. The van der Waals surface area contributed by atoms with Gasteiger partial charge in [0.1, 0.15) is 0 Å². The Kier molecular flexibility index (Phi) is 3.00. The van der Waals surface area contributed by atoms with Crippen LogP contribution >= 0.6 is 15.9 Å². The topological polar surface area (TPSA) is 53.7 Å². The number of furan rings is 1. The van der Waals surface area contributed by atoms with Crippen LogP contribution in [0.4, 0.5) is 5.88 Å². The summed E-state index contributed by atoms with van der Waals surface area (Å²) >= 11 is 3.32. The maximum Gasteiger partial charge on any atom is 0.371 e. The fraction of sp³-hybridized carbons (Fsp3) is 0.500. The van der Waals surface area contributed by atoms with E-state index in [2.05, 4.69) is 20.8 Å². The van der Waals surface area contributed by atoms with Gasteiger partial charge in [0.15, 0.2) is 0 Å². The van der Waals surface area contributed by atoms with E-state index in [9.17, 15) is 4.79 Å². The molecule has 0 amide bonds. The van der Waals surface area contributed by atoms with E-state index in [-0.39, 0.29) is 5.76 Å². The highest BCUT2D eigenvalue weighted by atomic mass is 79.9. The molecule has 15 heavy (non-hydrogen) atoms. The lowest BCUT2D eigenvalue weighted by Gasteiger charge is -2.26. The average Bonchev–Trinajstić information content (AvgIpc) is 2.62. The fourth-order valence-electron chi connectivity index (χ4n) is 1.78. The Morgan fingerprint density at radius 1 is 1.40 bits per heavy atom. The zero-order valence-corrected chi connectivity index (χ0v) is 9.79. The van der Waals surface area contributed by atoms with Gasteiger partial charge >= 0.3 is 5.97 Å². The van der Waals surface area contributed by atoms with E-state index in [4.69, 9.17) is 9.52 Å². The molecule has 82 valence electrons. The third-order valence-electron chi connectivity index (χ3n) is 2.52. The first-order valence-corrected chi connectivity index (χ1v) is 5.75. The lowest BCUT2D eigenvalue weighted by atomic mass is 10.1. The quantitative estimate of drug-likeness (QED) is 0.900. The van der Waals surface area contributed by atoms with E-state index in [1.807, 2.05) is 0 Å². The van der Waals surface area contributed by atoms with Crippen LogP contribution in [0, 0.1) is 0 Å². The number of hydrogen-bond acceptors (Lipinski definition) is 3. The summed E-state index contributed by atoms with van der Waals surface area (Å²) in [5.41, 5.74) is 0. The van der Waals surface area contributed by atoms with Crippen molar-refractivity contribution >= 4 is 27.8 Å². The molecule has 0 saturated carbocycles. The Bertz CT molecular complexity index is 369. The van der Waals surface area contributed by atoms with Gasteiger partial charge < -0.3 is 14.4 Å². The first kappa shape index (κ1) is 10.5. The molecule has 4 nitrogen and oxygen atoms in total. The maximum absolute atomic E-state index is 10.7. The van der Waals surface area contributed by atoms with Crippen LogP contribution < -0.4 is 4.90 Å². The van der Waals surface area contributed by atoms with Crippen molar-refractivity contribution in [2.45, 2.75) is 19.3 Å². The molecule has 0 aromatic carbocycles. The molecule has 2 rings (SSSR count). The van der Waals surface area contributed by atoms with Crippen LogP contribution in [-0.4, -0.2) is 24.2 Å². The molecule has 0 unspecified atom stereocenters. The molecular formula is C10H12BrNO3. The molecule has 0 radical (unpaired) electrons. The van der Waals surface area contributed by atoms with Gasteiger partial charge in [-0.05, 0) is 35.2 Å². The number of carboxylic acid groups (broad SMARTS) is 1. The summed E-state index contributed by atoms with van der Waals surface area (Å²) < 4.78 is 6.02. The SMILES string of the molecule is O=C(O)c1cc(Br)c(N2CCCCC2)o1. The second-order valence-electron chi connectivity index (χ2n) is 3.62. The summed E-state index contributed by atoms with van der Waals surface area (Å²) in [5.74, 6) is -0.395. The second kappa shape index (κ2) is 4.26. The summed E-state index contributed by atoms with van der Waals surface area (Å²) in [5, 5.41) is 8.79. The van der Waals surface area contributed by atoms with E-state index in [0.29, 0.717) is 5.88 Å². The molecule has 1 aliphatic rings. The standard InChI is InChI=1S/C10H12BrNO3/c11-7-6-8(10(13)14)15-9(7)12-4-2-1-3-5-12/h6H,1-5H2,(H,13,14). The minimum absolute atomic E-state index is 0.0116. The smallest absolute Gasteiger partial charge is 0.371 e. The third kappa shape index (κ3) is 2.17. The molecule has 1 aliphatic heterocycles. The highest BCUT2D eigenvalue weighted by Gasteiger charge is 2.20. The highest BCUT2D eigenvalue weighted by molar-refractivity contribution is 9.10. The van der Waals surface area contributed by atoms with Crippen molar-refractivity contribution in [3.63, 3.8) is 0 Å². The van der Waals surface area contributed by atoms with E-state index >= 15 is 0 Å². The predicted molar refractivity (Wildman–Crippen MR) is 59.4 cm³/mol. The molecule has 1 fully saturated rings. The van der Waals surface area contributed by atoms with Crippen LogP contribution in [0.25, 0.3) is 0 Å². The Morgan fingerprint density at radius 3 is 2.60 bits per heavy atom. The molecule has 0 atom stereocenters. The number of piperidine rings is 1. The van der Waals surface area contributed by atoms with Gasteiger partial charge in [-0.3, -0.25) is 0 Å². The van der Waals surface area contributed by atoms with Crippen molar-refractivity contribution in [1.82, 2.24) is 0 Å². The van der Waals surface area contributed by atoms with Crippen LogP contribution in [0.15, 0.2) is 15.0 Å². The van der Waals surface area contributed by atoms with E-state index < -0.39 is 5.97 Å². The number of carboxylic acids is 1. The highest BCUT2D eigenvalue weighted by Crippen LogP contribution is 2.31. The summed E-state index contributed by atoms with van der Waals surface area (Å²) in [6.45, 7) is 1.87. The summed E-state index contributed by atoms with van der Waals surface area (Å²) in [6, 6.07) is 1.51. The van der Waals surface area contributed by atoms with Crippen LogP contribution in [0.2, 0.25) is 0 Å². The first-order chi connectivity index (χ1) is 7.18. The zero-order valence-electron chi connectivity index (χ0n) is 8.20. The Labute approximate surface area is 96.0 Å². The summed E-state index contributed by atoms with van der Waals surface area (Å²) in [6.07, 6.45) is 3.51. The largest absolute Gasteiger partial charge is 0.475 e. The Balaban J connectivity index is 2.22. The van der Waals surface area contributed by atoms with Crippen LogP contribution in [0.1, 0.15) is 29.8 Å². The van der Waals surface area contributed by atoms with E-state index in [1.165, 1.54) is 12.5 Å². The third-order valence-corrected chi connectivity index (χ3v) is 3.09. The summed E-state index contributed by atoms with van der Waals surface area (Å²) in [4.78, 5) is 12.8. The molecule has 0 spiro atoms. The number of halogens is 1. The van der Waals surface area contributed by atoms with Gasteiger partial charge in [-0.1, -0.05) is 0 Å². The van der Waals surface area contributed by atoms with E-state index in [1.54, 1.807) is 0 Å². The van der Waals surface area contributed by atoms with Gasteiger partial charge in [0.25, 0.3) is 0 Å². The molecule has 1 saturated heterocycles. The van der Waals surface area contributed by atoms with Crippen molar-refractivity contribution in [2.24, 2.45) is 0 Å². The summed E-state index contributed by atoms with van der Waals surface area (Å²) in [7, 11) is 0. The van der Waals surface area contributed by atoms with Crippen molar-refractivity contribution in [2.75, 3.05) is 18.0 Å². The fourth-order valence-corrected chi connectivity index (χ4v) is 2.32. The first-order valence-electron chi connectivity index (χ1n) is 4.96. The molecule has 1 aromatic heterocycles. The minimum atomic E-state index is -1.03. The van der Waals surface area contributed by atoms with Gasteiger partial charge in [0.05, 0.1) is 4.47 Å². The number of rotatable bonds is 2. The van der Waals surface area contributed by atoms with E-state index in [0.717, 1.165) is 30.4 Å². The van der Waals surface area contributed by atoms with Crippen LogP contribution in [-0.2, 0) is 0 Å². The molecule has 0 aliphatic carbocycles. The van der Waals surface area contributed by atoms with Crippen molar-refractivity contribution in [3.8, 4) is 0 Å². The van der Waals surface area contributed by atoms with Crippen molar-refractivity contribution in [3.05, 3.63) is 16.3 Å². The van der Waals surface area contributed by atoms with Gasteiger partial charge in [0.2, 0.25) is 11.6 Å². The number of carbonyl (C=O) groups is 1. The van der Waals surface area contributed by atoms with Crippen molar-refractivity contribution in [1.29, 1.82) is 0 Å². The van der Waals surface area contributed by atoms with Crippen LogP contribution in [0.5, 0.6) is 0 Å². The molecule has 1 aromatic rings. The maximum atomic E-state index is 10.7. The molecule has 2 heterocycles. The predicted octanol–water partition coefficient (Wildman–Crippen LogP) is 2.73. The number of hydrogen-bond donors (Lipinski definition) is 1. The normalized spacial score (nSPS) is 16.7. The monoisotopic (exact) mass is 273 g/mol. The molecular weight excluding hydrogens is 262 g/mol. The van der Waals surface area contributed by atoms with Crippen molar-refractivity contribution < 1.29 is 14.3 Å². The number of nitrogens with zero attached hydrogens (tertiary/aromatic N) is 1. The average molecular weight is 274 g/mol. The Morgan fingerprint density at radius 2 is 2.07 bits per heavy atom.